The fourth-order valence-corrected chi connectivity index (χ4v) is 1.54. The average molecular weight is 246 g/mol. The molecule has 0 aliphatic rings. The van der Waals surface area contributed by atoms with Crippen LogP contribution < -0.4 is 0 Å². The quantitative estimate of drug-likeness (QED) is 0.471. The number of non-ortho nitro benzene ring substituents is 1. The minimum absolute atomic E-state index is 0.0593. The predicted molar refractivity (Wildman–Crippen MR) is 64.4 cm³/mol. The van der Waals surface area contributed by atoms with E-state index in [9.17, 15) is 14.9 Å². The van der Waals surface area contributed by atoms with E-state index in [0.29, 0.717) is 5.52 Å². The Bertz CT molecular complexity index is 625. The summed E-state index contributed by atoms with van der Waals surface area (Å²) in [6.45, 7) is 1.96. The summed E-state index contributed by atoms with van der Waals surface area (Å²) in [7, 11) is 0. The smallest absolute Gasteiger partial charge is 0.356 e. The van der Waals surface area contributed by atoms with Crippen LogP contribution in [0.3, 0.4) is 0 Å². The molecule has 0 amide bonds. The Morgan fingerprint density at radius 3 is 2.78 bits per heavy atom. The van der Waals surface area contributed by atoms with Gasteiger partial charge in [-0.05, 0) is 19.1 Å². The predicted octanol–water partition coefficient (Wildman–Crippen LogP) is 2.32. The first-order valence-electron chi connectivity index (χ1n) is 5.34. The summed E-state index contributed by atoms with van der Waals surface area (Å²) < 4.78 is 4.82. The number of benzene rings is 1. The molecule has 0 fully saturated rings. The van der Waals surface area contributed by atoms with Crippen molar-refractivity contribution in [2.24, 2.45) is 0 Å². The van der Waals surface area contributed by atoms with E-state index in [1.54, 1.807) is 19.1 Å². The van der Waals surface area contributed by atoms with Crippen molar-refractivity contribution < 1.29 is 14.5 Å². The molecule has 92 valence electrons. The second-order valence-electron chi connectivity index (χ2n) is 3.55. The largest absolute Gasteiger partial charge is 0.461 e. The number of hydrogen-bond donors (Lipinski definition) is 0. The molecule has 2 aromatic rings. The van der Waals surface area contributed by atoms with Crippen molar-refractivity contribution in [2.75, 3.05) is 6.61 Å². The van der Waals surface area contributed by atoms with Crippen LogP contribution in [0, 0.1) is 10.1 Å². The van der Waals surface area contributed by atoms with E-state index in [-0.39, 0.29) is 18.0 Å². The summed E-state index contributed by atoms with van der Waals surface area (Å²) in [5.41, 5.74) is 0.482. The molecule has 6 heteroatoms. The fraction of sp³-hybridized carbons (Fsp3) is 0.167. The number of rotatable bonds is 3. The van der Waals surface area contributed by atoms with Gasteiger partial charge in [0.2, 0.25) is 0 Å². The highest BCUT2D eigenvalue weighted by Crippen LogP contribution is 2.19. The molecule has 0 bridgehead atoms. The maximum atomic E-state index is 11.5. The normalized spacial score (nSPS) is 10.3. The topological polar surface area (TPSA) is 82.3 Å². The first-order valence-corrected chi connectivity index (χ1v) is 5.34. The number of esters is 1. The van der Waals surface area contributed by atoms with Crippen LogP contribution in [0.25, 0.3) is 10.9 Å². The van der Waals surface area contributed by atoms with Gasteiger partial charge in [0.05, 0.1) is 17.0 Å². The van der Waals surface area contributed by atoms with Gasteiger partial charge in [-0.25, -0.2) is 9.78 Å². The van der Waals surface area contributed by atoms with Gasteiger partial charge in [0, 0.05) is 17.5 Å². The average Bonchev–Trinajstić information content (AvgIpc) is 2.37. The molecule has 0 N–H and O–H groups in total. The van der Waals surface area contributed by atoms with Crippen LogP contribution >= 0.6 is 0 Å². The Balaban J connectivity index is 2.48. The molecule has 0 atom stereocenters. The van der Waals surface area contributed by atoms with Gasteiger partial charge in [0.25, 0.3) is 5.69 Å². The van der Waals surface area contributed by atoms with Crippen LogP contribution in [0.5, 0.6) is 0 Å². The molecule has 0 radical (unpaired) electrons. The molecule has 1 aromatic carbocycles. The zero-order chi connectivity index (χ0) is 13.1. The lowest BCUT2D eigenvalue weighted by atomic mass is 10.2. The molecule has 0 unspecified atom stereocenters. The number of aromatic nitrogens is 1. The number of ether oxygens (including phenoxy) is 1. The van der Waals surface area contributed by atoms with Crippen LogP contribution in [0.15, 0.2) is 30.3 Å². The van der Waals surface area contributed by atoms with Gasteiger partial charge in [0.1, 0.15) is 5.69 Å². The maximum absolute atomic E-state index is 11.5. The van der Waals surface area contributed by atoms with E-state index in [2.05, 4.69) is 4.98 Å². The third-order valence-electron chi connectivity index (χ3n) is 2.37. The minimum Gasteiger partial charge on any atom is -0.461 e. The summed E-state index contributed by atoms with van der Waals surface area (Å²) in [4.78, 5) is 25.7. The second kappa shape index (κ2) is 4.79. The van der Waals surface area contributed by atoms with Crippen molar-refractivity contribution in [3.05, 3.63) is 46.1 Å². The maximum Gasteiger partial charge on any atom is 0.356 e. The minimum atomic E-state index is -0.536. The molecule has 0 aliphatic carbocycles. The van der Waals surface area contributed by atoms with E-state index >= 15 is 0 Å². The van der Waals surface area contributed by atoms with Gasteiger partial charge >= 0.3 is 5.97 Å². The Morgan fingerprint density at radius 2 is 2.11 bits per heavy atom. The molecule has 1 aromatic heterocycles. The Morgan fingerprint density at radius 1 is 1.39 bits per heavy atom. The van der Waals surface area contributed by atoms with Crippen LogP contribution in [0.2, 0.25) is 0 Å². The highest BCUT2D eigenvalue weighted by atomic mass is 16.6. The molecule has 0 saturated heterocycles. The van der Waals surface area contributed by atoms with E-state index in [4.69, 9.17) is 4.74 Å². The zero-order valence-corrected chi connectivity index (χ0v) is 9.62. The molecule has 6 nitrogen and oxygen atoms in total. The third-order valence-corrected chi connectivity index (χ3v) is 2.37. The summed E-state index contributed by atoms with van der Waals surface area (Å²) in [6, 6.07) is 7.53. The molecule has 2 rings (SSSR count). The molecular formula is C12H10N2O4. The van der Waals surface area contributed by atoms with E-state index in [1.165, 1.54) is 18.2 Å². The van der Waals surface area contributed by atoms with Crippen molar-refractivity contribution >= 4 is 22.6 Å². The van der Waals surface area contributed by atoms with Crippen LogP contribution in [0.1, 0.15) is 17.4 Å². The lowest BCUT2D eigenvalue weighted by Crippen LogP contribution is -2.06. The number of nitrogens with zero attached hydrogens (tertiary/aromatic N) is 2. The Hall–Kier alpha value is -2.50. The highest BCUT2D eigenvalue weighted by Gasteiger charge is 2.11. The Kier molecular flexibility index (Phi) is 3.18. The summed E-state index contributed by atoms with van der Waals surface area (Å²) in [5.74, 6) is -0.536. The van der Waals surface area contributed by atoms with Gasteiger partial charge in [-0.15, -0.1) is 0 Å². The number of nitro benzene ring substituents is 1. The molecule has 0 aliphatic heterocycles. The van der Waals surface area contributed by atoms with Gasteiger partial charge in [0.15, 0.2) is 0 Å². The first-order chi connectivity index (χ1) is 8.61. The van der Waals surface area contributed by atoms with E-state index in [0.717, 1.165) is 5.39 Å². The fourth-order valence-electron chi connectivity index (χ4n) is 1.54. The number of carbonyl (C=O) groups excluding carboxylic acids is 1. The van der Waals surface area contributed by atoms with Crippen LogP contribution in [0.4, 0.5) is 5.69 Å². The van der Waals surface area contributed by atoms with Crippen molar-refractivity contribution in [3.8, 4) is 0 Å². The summed E-state index contributed by atoms with van der Waals surface area (Å²) in [6.07, 6.45) is 0. The molecule has 1 heterocycles. The first kappa shape index (κ1) is 12.0. The number of nitro groups is 1. The highest BCUT2D eigenvalue weighted by molar-refractivity contribution is 5.91. The van der Waals surface area contributed by atoms with Crippen molar-refractivity contribution in [2.45, 2.75) is 6.92 Å². The SMILES string of the molecule is CCOC(=O)c1ccc2ccc([N+](=O)[O-])cc2n1. The molecule has 0 saturated carbocycles. The standard InChI is InChI=1S/C12H10N2O4/c1-2-18-12(15)10-6-4-8-3-5-9(14(16)17)7-11(8)13-10/h3-7H,2H2,1H3. The number of fused-ring (bicyclic) bond motifs is 1. The van der Waals surface area contributed by atoms with Gasteiger partial charge < -0.3 is 4.74 Å². The van der Waals surface area contributed by atoms with Gasteiger partial charge in [-0.1, -0.05) is 6.07 Å². The van der Waals surface area contributed by atoms with Crippen molar-refractivity contribution in [1.29, 1.82) is 0 Å². The summed E-state index contributed by atoms with van der Waals surface area (Å²) >= 11 is 0. The van der Waals surface area contributed by atoms with E-state index in [1.807, 2.05) is 0 Å². The van der Waals surface area contributed by atoms with Gasteiger partial charge in [-0.2, -0.15) is 0 Å². The monoisotopic (exact) mass is 246 g/mol. The lowest BCUT2D eigenvalue weighted by Gasteiger charge is -2.02. The number of hydrogen-bond acceptors (Lipinski definition) is 5. The van der Waals surface area contributed by atoms with Crippen molar-refractivity contribution in [3.63, 3.8) is 0 Å². The second-order valence-corrected chi connectivity index (χ2v) is 3.55. The number of pyridine rings is 1. The molecule has 18 heavy (non-hydrogen) atoms. The molecular weight excluding hydrogens is 236 g/mol. The summed E-state index contributed by atoms with van der Waals surface area (Å²) in [5, 5.41) is 11.4. The zero-order valence-electron chi connectivity index (χ0n) is 9.62. The molecule has 0 spiro atoms. The van der Waals surface area contributed by atoms with Crippen molar-refractivity contribution in [1.82, 2.24) is 4.98 Å². The van der Waals surface area contributed by atoms with Gasteiger partial charge in [-0.3, -0.25) is 10.1 Å². The lowest BCUT2D eigenvalue weighted by molar-refractivity contribution is -0.384. The van der Waals surface area contributed by atoms with Crippen LogP contribution in [-0.2, 0) is 4.74 Å². The number of carbonyl (C=O) groups is 1. The van der Waals surface area contributed by atoms with E-state index < -0.39 is 10.9 Å². The Labute approximate surface area is 102 Å². The van der Waals surface area contributed by atoms with Crippen LogP contribution in [-0.4, -0.2) is 22.5 Å². The third kappa shape index (κ3) is 2.27.